The van der Waals surface area contributed by atoms with Crippen LogP contribution in [0.4, 0.5) is 0 Å². The number of fused-ring (bicyclic) bond motifs is 1. The SMILES string of the molecule is CC(=O)OSC(Cc1ccccc1)c1ccc2c(c1)OCO2. The van der Waals surface area contributed by atoms with Gasteiger partial charge in [0.2, 0.25) is 6.79 Å². The maximum atomic E-state index is 11.1. The monoisotopic (exact) mass is 316 g/mol. The lowest BCUT2D eigenvalue weighted by Crippen LogP contribution is -2.02. The molecule has 0 N–H and O–H groups in total. The fraction of sp³-hybridized carbons (Fsp3) is 0.235. The molecule has 0 amide bonds. The Morgan fingerprint density at radius 3 is 2.73 bits per heavy atom. The zero-order valence-electron chi connectivity index (χ0n) is 12.2. The van der Waals surface area contributed by atoms with Crippen LogP contribution in [0.5, 0.6) is 11.5 Å². The molecule has 0 fully saturated rings. The third kappa shape index (κ3) is 3.54. The molecule has 1 atom stereocenters. The van der Waals surface area contributed by atoms with Crippen LogP contribution in [-0.4, -0.2) is 12.8 Å². The first-order valence-electron chi connectivity index (χ1n) is 7.00. The molecule has 5 heteroatoms. The average molecular weight is 316 g/mol. The van der Waals surface area contributed by atoms with E-state index in [-0.39, 0.29) is 18.0 Å². The Balaban J connectivity index is 1.82. The maximum absolute atomic E-state index is 11.1. The highest BCUT2D eigenvalue weighted by Gasteiger charge is 2.20. The van der Waals surface area contributed by atoms with Gasteiger partial charge in [-0.05, 0) is 29.7 Å². The predicted molar refractivity (Wildman–Crippen MR) is 84.8 cm³/mol. The van der Waals surface area contributed by atoms with E-state index < -0.39 is 0 Å². The molecule has 0 saturated heterocycles. The van der Waals surface area contributed by atoms with Gasteiger partial charge < -0.3 is 13.7 Å². The number of carbonyl (C=O) groups excluding carboxylic acids is 1. The van der Waals surface area contributed by atoms with Crippen LogP contribution in [0.25, 0.3) is 0 Å². The molecule has 0 bridgehead atoms. The van der Waals surface area contributed by atoms with Crippen molar-refractivity contribution in [2.24, 2.45) is 0 Å². The largest absolute Gasteiger partial charge is 0.454 e. The van der Waals surface area contributed by atoms with Crippen LogP contribution in [0.15, 0.2) is 48.5 Å². The van der Waals surface area contributed by atoms with Crippen molar-refractivity contribution in [3.8, 4) is 11.5 Å². The highest BCUT2D eigenvalue weighted by atomic mass is 32.2. The van der Waals surface area contributed by atoms with Crippen molar-refractivity contribution in [3.63, 3.8) is 0 Å². The molecule has 3 rings (SSSR count). The number of carbonyl (C=O) groups is 1. The first-order chi connectivity index (χ1) is 10.7. The minimum absolute atomic E-state index is 0.000741. The van der Waals surface area contributed by atoms with Crippen LogP contribution in [0.1, 0.15) is 23.3 Å². The summed E-state index contributed by atoms with van der Waals surface area (Å²) >= 11 is 1.18. The van der Waals surface area contributed by atoms with Gasteiger partial charge in [0.15, 0.2) is 11.5 Å². The Labute approximate surface area is 133 Å². The molecule has 0 aliphatic carbocycles. The van der Waals surface area contributed by atoms with E-state index in [9.17, 15) is 4.79 Å². The molecule has 0 radical (unpaired) electrons. The van der Waals surface area contributed by atoms with Crippen LogP contribution >= 0.6 is 12.0 Å². The molecule has 1 heterocycles. The zero-order valence-corrected chi connectivity index (χ0v) is 13.0. The van der Waals surface area contributed by atoms with Gasteiger partial charge >= 0.3 is 5.97 Å². The standard InChI is InChI=1S/C17H16O4S/c1-12(18)21-22-17(9-13-5-3-2-4-6-13)14-7-8-15-16(10-14)20-11-19-15/h2-8,10,17H,9,11H2,1H3. The molecule has 2 aromatic rings. The van der Waals surface area contributed by atoms with E-state index in [0.717, 1.165) is 23.5 Å². The number of hydrogen-bond donors (Lipinski definition) is 0. The Bertz CT molecular complexity index is 657. The second-order valence-electron chi connectivity index (χ2n) is 4.96. The Hall–Kier alpha value is -2.14. The lowest BCUT2D eigenvalue weighted by atomic mass is 10.0. The van der Waals surface area contributed by atoms with Crippen molar-refractivity contribution in [2.45, 2.75) is 18.6 Å². The summed E-state index contributed by atoms with van der Waals surface area (Å²) in [5.41, 5.74) is 2.23. The minimum Gasteiger partial charge on any atom is -0.454 e. The first kappa shape index (κ1) is 14.8. The van der Waals surface area contributed by atoms with Gasteiger partial charge in [0.1, 0.15) is 0 Å². The predicted octanol–water partition coefficient (Wildman–Crippen LogP) is 3.91. The van der Waals surface area contributed by atoms with Gasteiger partial charge in [-0.1, -0.05) is 36.4 Å². The van der Waals surface area contributed by atoms with Gasteiger partial charge in [0.05, 0.1) is 17.3 Å². The van der Waals surface area contributed by atoms with E-state index in [4.69, 9.17) is 13.7 Å². The van der Waals surface area contributed by atoms with Crippen LogP contribution in [0.3, 0.4) is 0 Å². The van der Waals surface area contributed by atoms with E-state index in [1.54, 1.807) is 0 Å². The first-order valence-corrected chi connectivity index (χ1v) is 7.80. The van der Waals surface area contributed by atoms with Gasteiger partial charge in [-0.2, -0.15) is 0 Å². The van der Waals surface area contributed by atoms with Crippen LogP contribution < -0.4 is 9.47 Å². The zero-order chi connectivity index (χ0) is 15.4. The molecule has 1 aliphatic rings. The second-order valence-corrected chi connectivity index (χ2v) is 5.89. The maximum Gasteiger partial charge on any atom is 0.314 e. The summed E-state index contributed by atoms with van der Waals surface area (Å²) in [6.45, 7) is 1.66. The van der Waals surface area contributed by atoms with Crippen molar-refractivity contribution in [2.75, 3.05) is 6.79 Å². The topological polar surface area (TPSA) is 44.8 Å². The number of benzene rings is 2. The molecule has 0 aromatic heterocycles. The van der Waals surface area contributed by atoms with Gasteiger partial charge in [-0.3, -0.25) is 4.79 Å². The molecule has 22 heavy (non-hydrogen) atoms. The lowest BCUT2D eigenvalue weighted by molar-refractivity contribution is -0.130. The highest BCUT2D eigenvalue weighted by Crippen LogP contribution is 2.39. The molecular formula is C17H16O4S. The summed E-state index contributed by atoms with van der Waals surface area (Å²) in [5, 5.41) is 0.000741. The molecule has 114 valence electrons. The minimum atomic E-state index is -0.302. The fourth-order valence-electron chi connectivity index (χ4n) is 2.27. The summed E-state index contributed by atoms with van der Waals surface area (Å²) in [6.07, 6.45) is 0.762. The third-order valence-corrected chi connectivity index (χ3v) is 4.32. The van der Waals surface area contributed by atoms with Crippen molar-refractivity contribution in [1.29, 1.82) is 0 Å². The summed E-state index contributed by atoms with van der Waals surface area (Å²) in [6, 6.07) is 15.9. The van der Waals surface area contributed by atoms with Crippen molar-refractivity contribution in [3.05, 3.63) is 59.7 Å². The van der Waals surface area contributed by atoms with Crippen molar-refractivity contribution < 1.29 is 18.5 Å². The van der Waals surface area contributed by atoms with Crippen LogP contribution in [0, 0.1) is 0 Å². The van der Waals surface area contributed by atoms with Gasteiger partial charge in [0, 0.05) is 6.92 Å². The fourth-order valence-corrected chi connectivity index (χ4v) is 3.04. The molecule has 4 nitrogen and oxygen atoms in total. The van der Waals surface area contributed by atoms with E-state index in [0.29, 0.717) is 0 Å². The van der Waals surface area contributed by atoms with Crippen molar-refractivity contribution in [1.82, 2.24) is 0 Å². The van der Waals surface area contributed by atoms with E-state index in [1.807, 2.05) is 36.4 Å². The summed E-state index contributed by atoms with van der Waals surface area (Å²) in [7, 11) is 0. The molecule has 0 spiro atoms. The number of rotatable bonds is 5. The smallest absolute Gasteiger partial charge is 0.314 e. The molecule has 1 aliphatic heterocycles. The van der Waals surface area contributed by atoms with Crippen LogP contribution in [0.2, 0.25) is 0 Å². The second kappa shape index (κ2) is 6.75. The van der Waals surface area contributed by atoms with Crippen LogP contribution in [-0.2, 0) is 15.4 Å². The van der Waals surface area contributed by atoms with Gasteiger partial charge in [-0.15, -0.1) is 0 Å². The lowest BCUT2D eigenvalue weighted by Gasteiger charge is -2.16. The average Bonchev–Trinajstić information content (AvgIpc) is 2.99. The van der Waals surface area contributed by atoms with Gasteiger partial charge in [0.25, 0.3) is 0 Å². The molecular weight excluding hydrogens is 300 g/mol. The Morgan fingerprint density at radius 2 is 1.95 bits per heavy atom. The number of hydrogen-bond acceptors (Lipinski definition) is 5. The Kier molecular flexibility index (Phi) is 4.53. The van der Waals surface area contributed by atoms with E-state index in [1.165, 1.54) is 24.5 Å². The molecule has 1 unspecified atom stereocenters. The van der Waals surface area contributed by atoms with Gasteiger partial charge in [-0.25, -0.2) is 0 Å². The molecule has 2 aromatic carbocycles. The summed E-state index contributed by atoms with van der Waals surface area (Å²) < 4.78 is 15.9. The molecule has 0 saturated carbocycles. The van der Waals surface area contributed by atoms with E-state index in [2.05, 4.69) is 12.1 Å². The van der Waals surface area contributed by atoms with Crippen molar-refractivity contribution >= 4 is 18.0 Å². The summed E-state index contributed by atoms with van der Waals surface area (Å²) in [5.74, 6) is 1.18. The summed E-state index contributed by atoms with van der Waals surface area (Å²) in [4.78, 5) is 11.1. The number of ether oxygens (including phenoxy) is 2. The Morgan fingerprint density at radius 1 is 1.18 bits per heavy atom. The highest BCUT2D eigenvalue weighted by molar-refractivity contribution is 7.95. The van der Waals surface area contributed by atoms with E-state index >= 15 is 0 Å². The normalized spacial score (nSPS) is 13.7. The quantitative estimate of drug-likeness (QED) is 0.783. The third-order valence-electron chi connectivity index (χ3n) is 3.31.